The molecule has 1 aliphatic rings. The van der Waals surface area contributed by atoms with Gasteiger partial charge in [0.1, 0.15) is 0 Å². The van der Waals surface area contributed by atoms with Crippen LogP contribution in [0.15, 0.2) is 78.9 Å². The van der Waals surface area contributed by atoms with Gasteiger partial charge in [-0.25, -0.2) is 15.0 Å². The number of benzene rings is 3. The molecule has 0 N–H and O–H groups in total. The first-order valence-corrected chi connectivity index (χ1v) is 11.4. The van der Waals surface area contributed by atoms with E-state index in [0.717, 1.165) is 22.5 Å². The molecule has 0 radical (unpaired) electrons. The van der Waals surface area contributed by atoms with Crippen molar-refractivity contribution < 1.29 is 0 Å². The van der Waals surface area contributed by atoms with Gasteiger partial charge in [0.2, 0.25) is 0 Å². The first-order valence-electron chi connectivity index (χ1n) is 11.4. The van der Waals surface area contributed by atoms with E-state index < -0.39 is 0 Å². The Morgan fingerprint density at radius 1 is 0.500 bits per heavy atom. The molecule has 3 heteroatoms. The van der Waals surface area contributed by atoms with Gasteiger partial charge in [-0.05, 0) is 40.9 Å². The Morgan fingerprint density at radius 3 is 1.44 bits per heavy atom. The maximum Gasteiger partial charge on any atom is 0.164 e. The Hall–Kier alpha value is -3.33. The molecule has 0 unspecified atom stereocenters. The minimum Gasteiger partial charge on any atom is -0.208 e. The molecular weight excluding hydrogens is 390 g/mol. The van der Waals surface area contributed by atoms with E-state index in [0.29, 0.717) is 11.6 Å². The second kappa shape index (κ2) is 7.67. The van der Waals surface area contributed by atoms with Crippen LogP contribution in [-0.4, -0.2) is 15.0 Å². The lowest BCUT2D eigenvalue weighted by Crippen LogP contribution is -2.33. The van der Waals surface area contributed by atoms with Gasteiger partial charge < -0.3 is 0 Å². The van der Waals surface area contributed by atoms with Gasteiger partial charge in [-0.15, -0.1) is 0 Å². The fourth-order valence-electron chi connectivity index (χ4n) is 4.67. The molecule has 1 aliphatic carbocycles. The minimum absolute atomic E-state index is 0.137. The molecule has 1 heterocycles. The normalized spacial score (nSPS) is 16.4. The molecule has 5 rings (SSSR count). The van der Waals surface area contributed by atoms with Gasteiger partial charge in [0.25, 0.3) is 0 Å². The summed E-state index contributed by atoms with van der Waals surface area (Å²) in [5.74, 6) is 2.12. The highest BCUT2D eigenvalue weighted by molar-refractivity contribution is 5.67. The van der Waals surface area contributed by atoms with Crippen LogP contribution >= 0.6 is 0 Å². The second-order valence-electron chi connectivity index (χ2n) is 10.1. The van der Waals surface area contributed by atoms with Crippen LogP contribution in [0.5, 0.6) is 0 Å². The molecule has 0 atom stereocenters. The molecule has 0 bridgehead atoms. The number of hydrogen-bond donors (Lipinski definition) is 0. The van der Waals surface area contributed by atoms with E-state index in [1.54, 1.807) is 0 Å². The lowest BCUT2D eigenvalue weighted by atomic mass is 9.63. The molecule has 4 aromatic rings. The topological polar surface area (TPSA) is 38.7 Å². The molecule has 32 heavy (non-hydrogen) atoms. The number of nitrogens with zero attached hydrogens (tertiary/aromatic N) is 3. The van der Waals surface area contributed by atoms with Crippen molar-refractivity contribution >= 4 is 0 Å². The number of fused-ring (bicyclic) bond motifs is 1. The zero-order valence-electron chi connectivity index (χ0n) is 19.3. The predicted octanol–water partition coefficient (Wildman–Crippen LogP) is 7.22. The van der Waals surface area contributed by atoms with Crippen LogP contribution in [0, 0.1) is 0 Å². The Labute approximate surface area is 190 Å². The summed E-state index contributed by atoms with van der Waals surface area (Å²) in [6, 6.07) is 27.1. The van der Waals surface area contributed by atoms with Gasteiger partial charge in [-0.2, -0.15) is 0 Å². The highest BCUT2D eigenvalue weighted by atomic mass is 15.0. The van der Waals surface area contributed by atoms with E-state index in [9.17, 15) is 0 Å². The summed E-state index contributed by atoms with van der Waals surface area (Å²) >= 11 is 0. The zero-order chi connectivity index (χ0) is 22.3. The quantitative estimate of drug-likeness (QED) is 0.352. The van der Waals surface area contributed by atoms with E-state index in [2.05, 4.69) is 45.9 Å². The summed E-state index contributed by atoms with van der Waals surface area (Å²) in [4.78, 5) is 14.6. The number of aromatic nitrogens is 3. The first kappa shape index (κ1) is 20.6. The number of rotatable bonds is 3. The third-order valence-electron chi connectivity index (χ3n) is 6.81. The first-order chi connectivity index (χ1) is 15.3. The minimum atomic E-state index is 0.137. The van der Waals surface area contributed by atoms with Gasteiger partial charge in [-0.1, -0.05) is 100 Å². The summed E-state index contributed by atoms with van der Waals surface area (Å²) in [6.07, 6.45) is 2.38. The highest BCUT2D eigenvalue weighted by Gasteiger charge is 2.37. The van der Waals surface area contributed by atoms with Crippen LogP contribution in [0.2, 0.25) is 0 Å². The zero-order valence-corrected chi connectivity index (χ0v) is 19.3. The molecule has 0 amide bonds. The van der Waals surface area contributed by atoms with Crippen molar-refractivity contribution in [3.05, 3.63) is 90.0 Å². The van der Waals surface area contributed by atoms with Crippen LogP contribution < -0.4 is 0 Å². The van der Waals surface area contributed by atoms with E-state index in [4.69, 9.17) is 15.0 Å². The van der Waals surface area contributed by atoms with Crippen molar-refractivity contribution in [1.29, 1.82) is 0 Å². The highest BCUT2D eigenvalue weighted by Crippen LogP contribution is 2.46. The lowest BCUT2D eigenvalue weighted by Gasteiger charge is -2.42. The summed E-state index contributed by atoms with van der Waals surface area (Å²) in [6.45, 7) is 9.40. The molecule has 0 aliphatic heterocycles. The lowest BCUT2D eigenvalue weighted by molar-refractivity contribution is 0.332. The Balaban J connectivity index is 1.70. The molecule has 0 fully saturated rings. The van der Waals surface area contributed by atoms with Crippen molar-refractivity contribution in [3.63, 3.8) is 0 Å². The molecule has 1 aromatic heterocycles. The van der Waals surface area contributed by atoms with Crippen molar-refractivity contribution in [2.45, 2.75) is 51.4 Å². The van der Waals surface area contributed by atoms with Gasteiger partial charge >= 0.3 is 0 Å². The molecule has 0 spiro atoms. The molecule has 160 valence electrons. The van der Waals surface area contributed by atoms with Crippen LogP contribution in [0.25, 0.3) is 34.2 Å². The molecule has 3 aromatic carbocycles. The molecular formula is C29H29N3. The summed E-state index contributed by atoms with van der Waals surface area (Å²) < 4.78 is 0. The van der Waals surface area contributed by atoms with Gasteiger partial charge in [0, 0.05) is 16.7 Å². The summed E-state index contributed by atoms with van der Waals surface area (Å²) in [7, 11) is 0. The van der Waals surface area contributed by atoms with Crippen LogP contribution in [0.3, 0.4) is 0 Å². The van der Waals surface area contributed by atoms with Gasteiger partial charge in [0.15, 0.2) is 17.5 Å². The Kier molecular flexibility index (Phi) is 4.93. The number of hydrogen-bond acceptors (Lipinski definition) is 3. The van der Waals surface area contributed by atoms with Crippen molar-refractivity contribution in [2.75, 3.05) is 0 Å². The van der Waals surface area contributed by atoms with Crippen LogP contribution in [0.4, 0.5) is 0 Å². The molecule has 0 saturated carbocycles. The van der Waals surface area contributed by atoms with Crippen LogP contribution in [-0.2, 0) is 10.8 Å². The maximum atomic E-state index is 4.91. The Morgan fingerprint density at radius 2 is 0.938 bits per heavy atom. The van der Waals surface area contributed by atoms with Crippen molar-refractivity contribution in [2.24, 2.45) is 0 Å². The van der Waals surface area contributed by atoms with E-state index in [-0.39, 0.29) is 10.8 Å². The third-order valence-corrected chi connectivity index (χ3v) is 6.81. The van der Waals surface area contributed by atoms with Crippen molar-refractivity contribution in [3.8, 4) is 34.2 Å². The average Bonchev–Trinajstić information content (AvgIpc) is 2.83. The fourth-order valence-corrected chi connectivity index (χ4v) is 4.67. The predicted molar refractivity (Wildman–Crippen MR) is 131 cm³/mol. The molecule has 3 nitrogen and oxygen atoms in total. The average molecular weight is 420 g/mol. The summed E-state index contributed by atoms with van der Waals surface area (Å²) in [5.41, 5.74) is 6.21. The second-order valence-corrected chi connectivity index (χ2v) is 10.1. The van der Waals surface area contributed by atoms with E-state index in [1.807, 2.05) is 60.7 Å². The molecule has 0 saturated heterocycles. The monoisotopic (exact) mass is 419 g/mol. The van der Waals surface area contributed by atoms with Crippen molar-refractivity contribution in [1.82, 2.24) is 15.0 Å². The van der Waals surface area contributed by atoms with Crippen LogP contribution in [0.1, 0.15) is 51.7 Å². The third kappa shape index (κ3) is 3.73. The SMILES string of the molecule is CC1(C)CCC(C)(C)c2cc(-c3nc(-c4ccccc4)nc(-c4ccccc4)n3)ccc21. The Bertz CT molecular complexity index is 1200. The van der Waals surface area contributed by atoms with Gasteiger partial charge in [-0.3, -0.25) is 0 Å². The maximum absolute atomic E-state index is 4.91. The smallest absolute Gasteiger partial charge is 0.164 e. The standard InChI is InChI=1S/C29H29N3/c1-28(2)17-18-29(3,4)24-19-22(15-16-23(24)28)27-31-25(20-11-7-5-8-12-20)30-26(32-27)21-13-9-6-10-14-21/h5-16,19H,17-18H2,1-4H3. The fraction of sp³-hybridized carbons (Fsp3) is 0.276. The summed E-state index contributed by atoms with van der Waals surface area (Å²) in [5, 5.41) is 0. The van der Waals surface area contributed by atoms with Gasteiger partial charge in [0.05, 0.1) is 0 Å². The van der Waals surface area contributed by atoms with E-state index >= 15 is 0 Å². The largest absolute Gasteiger partial charge is 0.208 e. The van der Waals surface area contributed by atoms with E-state index in [1.165, 1.54) is 24.0 Å².